The first-order chi connectivity index (χ1) is 5.34. The molecule has 1 heterocycles. The van der Waals surface area contributed by atoms with Crippen LogP contribution in [-0.4, -0.2) is 23.6 Å². The Hall–Kier alpha value is -1.12. The fraction of sp³-hybridized carbons (Fsp3) is 0.500. The number of hydrogen-bond acceptors (Lipinski definition) is 3. The molecule has 0 saturated carbocycles. The van der Waals surface area contributed by atoms with E-state index in [0.717, 1.165) is 18.8 Å². The minimum absolute atomic E-state index is 0.932. The predicted octanol–water partition coefficient (Wildman–Crippen LogP) is 1.12. The Labute approximate surface area is 67.1 Å². The van der Waals surface area contributed by atoms with Crippen LogP contribution >= 0.6 is 0 Å². The molecule has 0 saturated heterocycles. The molecular formula is C8H12N3. The molecule has 1 aromatic rings. The lowest BCUT2D eigenvalue weighted by Gasteiger charge is -2.15. The topological polar surface area (TPSA) is 29.0 Å². The van der Waals surface area contributed by atoms with E-state index in [1.165, 1.54) is 0 Å². The van der Waals surface area contributed by atoms with E-state index in [1.807, 2.05) is 13.1 Å². The normalized spacial score (nSPS) is 9.64. The van der Waals surface area contributed by atoms with Crippen LogP contribution in [0.4, 0.5) is 5.82 Å². The van der Waals surface area contributed by atoms with E-state index >= 15 is 0 Å². The van der Waals surface area contributed by atoms with Crippen molar-refractivity contribution in [2.75, 3.05) is 18.5 Å². The van der Waals surface area contributed by atoms with Crippen LogP contribution in [0.25, 0.3) is 0 Å². The van der Waals surface area contributed by atoms with Crippen LogP contribution in [0.15, 0.2) is 12.3 Å². The predicted molar refractivity (Wildman–Crippen MR) is 44.4 cm³/mol. The Kier molecular flexibility index (Phi) is 2.83. The molecular weight excluding hydrogens is 138 g/mol. The van der Waals surface area contributed by atoms with Crippen molar-refractivity contribution in [3.8, 4) is 0 Å². The molecule has 59 valence electrons. The van der Waals surface area contributed by atoms with Crippen molar-refractivity contribution in [3.05, 3.63) is 18.6 Å². The first-order valence-corrected chi connectivity index (χ1v) is 3.75. The van der Waals surface area contributed by atoms with Crippen LogP contribution in [0, 0.1) is 6.33 Å². The minimum atomic E-state index is 0.932. The lowest BCUT2D eigenvalue weighted by atomic mass is 10.4. The second kappa shape index (κ2) is 3.91. The van der Waals surface area contributed by atoms with Crippen LogP contribution in [0.1, 0.15) is 13.3 Å². The summed E-state index contributed by atoms with van der Waals surface area (Å²) in [5.74, 6) is 0.932. The fourth-order valence-electron chi connectivity index (χ4n) is 0.917. The van der Waals surface area contributed by atoms with Crippen molar-refractivity contribution in [3.63, 3.8) is 0 Å². The summed E-state index contributed by atoms with van der Waals surface area (Å²) in [6, 6.07) is 1.88. The lowest BCUT2D eigenvalue weighted by Crippen LogP contribution is -2.18. The van der Waals surface area contributed by atoms with Crippen molar-refractivity contribution in [1.29, 1.82) is 0 Å². The summed E-state index contributed by atoms with van der Waals surface area (Å²) in [7, 11) is 2.01. The number of aromatic nitrogens is 2. The van der Waals surface area contributed by atoms with Crippen LogP contribution in [0.2, 0.25) is 0 Å². The van der Waals surface area contributed by atoms with Crippen molar-refractivity contribution in [1.82, 2.24) is 9.97 Å². The highest BCUT2D eigenvalue weighted by molar-refractivity contribution is 5.34. The van der Waals surface area contributed by atoms with Crippen molar-refractivity contribution >= 4 is 5.82 Å². The molecule has 3 nitrogen and oxygen atoms in total. The molecule has 0 aromatic carbocycles. The highest BCUT2D eigenvalue weighted by Crippen LogP contribution is 2.04. The van der Waals surface area contributed by atoms with Gasteiger partial charge in [-0.25, -0.2) is 9.97 Å². The van der Waals surface area contributed by atoms with Crippen LogP contribution in [-0.2, 0) is 0 Å². The number of rotatable bonds is 3. The molecule has 0 aliphatic heterocycles. The van der Waals surface area contributed by atoms with Gasteiger partial charge in [-0.3, -0.25) is 0 Å². The van der Waals surface area contributed by atoms with Gasteiger partial charge in [0, 0.05) is 19.8 Å². The van der Waals surface area contributed by atoms with E-state index in [-0.39, 0.29) is 0 Å². The summed E-state index contributed by atoms with van der Waals surface area (Å²) < 4.78 is 0. The van der Waals surface area contributed by atoms with Crippen molar-refractivity contribution < 1.29 is 0 Å². The summed E-state index contributed by atoms with van der Waals surface area (Å²) in [4.78, 5) is 9.79. The van der Waals surface area contributed by atoms with Gasteiger partial charge in [-0.1, -0.05) is 6.92 Å². The zero-order valence-corrected chi connectivity index (χ0v) is 6.91. The third kappa shape index (κ3) is 2.18. The van der Waals surface area contributed by atoms with Gasteiger partial charge < -0.3 is 4.90 Å². The molecule has 3 heteroatoms. The Morgan fingerprint density at radius 3 is 3.00 bits per heavy atom. The van der Waals surface area contributed by atoms with Crippen LogP contribution in [0.3, 0.4) is 0 Å². The molecule has 1 rings (SSSR count). The number of nitrogens with zero attached hydrogens (tertiary/aromatic N) is 3. The summed E-state index contributed by atoms with van der Waals surface area (Å²) in [6.45, 7) is 3.16. The first kappa shape index (κ1) is 7.98. The Bertz CT molecular complexity index is 198. The van der Waals surface area contributed by atoms with Gasteiger partial charge in [-0.15, -0.1) is 0 Å². The molecule has 1 radical (unpaired) electrons. The summed E-state index contributed by atoms with van der Waals surface area (Å²) >= 11 is 0. The summed E-state index contributed by atoms with van der Waals surface area (Å²) in [5.41, 5.74) is 0. The van der Waals surface area contributed by atoms with Gasteiger partial charge in [0.1, 0.15) is 5.82 Å². The van der Waals surface area contributed by atoms with Gasteiger partial charge in [0.2, 0.25) is 0 Å². The Morgan fingerprint density at radius 2 is 2.45 bits per heavy atom. The van der Waals surface area contributed by atoms with Crippen LogP contribution < -0.4 is 4.90 Å². The molecule has 0 aliphatic rings. The number of anilines is 1. The maximum atomic E-state index is 3.99. The van der Waals surface area contributed by atoms with E-state index in [4.69, 9.17) is 0 Å². The molecule has 0 spiro atoms. The molecule has 0 N–H and O–H groups in total. The summed E-state index contributed by atoms with van der Waals surface area (Å²) in [6.07, 6.45) is 5.39. The van der Waals surface area contributed by atoms with Crippen molar-refractivity contribution in [2.24, 2.45) is 0 Å². The molecule has 0 bridgehead atoms. The maximum Gasteiger partial charge on any atom is 0.199 e. The molecule has 0 amide bonds. The average Bonchev–Trinajstić information content (AvgIpc) is 2.07. The smallest absolute Gasteiger partial charge is 0.199 e. The standard InChI is InChI=1S/C8H12N3/c1-3-6-11(2)8-4-5-9-7-10-8/h4-5H,3,6H2,1-2H3. The first-order valence-electron chi connectivity index (χ1n) is 3.75. The van der Waals surface area contributed by atoms with E-state index in [9.17, 15) is 0 Å². The highest BCUT2D eigenvalue weighted by atomic mass is 15.2. The molecule has 11 heavy (non-hydrogen) atoms. The largest absolute Gasteiger partial charge is 0.360 e. The minimum Gasteiger partial charge on any atom is -0.360 e. The van der Waals surface area contributed by atoms with Gasteiger partial charge in [0.15, 0.2) is 6.33 Å². The monoisotopic (exact) mass is 150 g/mol. The second-order valence-corrected chi connectivity index (χ2v) is 2.44. The quantitative estimate of drug-likeness (QED) is 0.646. The molecule has 0 unspecified atom stereocenters. The van der Waals surface area contributed by atoms with Gasteiger partial charge >= 0.3 is 0 Å². The van der Waals surface area contributed by atoms with Gasteiger partial charge in [0.25, 0.3) is 0 Å². The Balaban J connectivity index is 2.61. The molecule has 0 atom stereocenters. The van der Waals surface area contributed by atoms with E-state index in [2.05, 4.69) is 28.1 Å². The van der Waals surface area contributed by atoms with Gasteiger partial charge in [-0.2, -0.15) is 0 Å². The zero-order chi connectivity index (χ0) is 8.10. The number of hydrogen-bond donors (Lipinski definition) is 0. The fourth-order valence-corrected chi connectivity index (χ4v) is 0.917. The second-order valence-electron chi connectivity index (χ2n) is 2.44. The van der Waals surface area contributed by atoms with E-state index < -0.39 is 0 Å². The van der Waals surface area contributed by atoms with Gasteiger partial charge in [0.05, 0.1) is 0 Å². The molecule has 0 fully saturated rings. The third-order valence-electron chi connectivity index (χ3n) is 1.47. The zero-order valence-electron chi connectivity index (χ0n) is 6.91. The Morgan fingerprint density at radius 1 is 1.64 bits per heavy atom. The van der Waals surface area contributed by atoms with E-state index in [1.54, 1.807) is 6.20 Å². The molecule has 0 aliphatic carbocycles. The molecule has 1 aromatic heterocycles. The maximum absolute atomic E-state index is 3.99. The third-order valence-corrected chi connectivity index (χ3v) is 1.47. The highest BCUT2D eigenvalue weighted by Gasteiger charge is 1.97. The average molecular weight is 150 g/mol. The van der Waals surface area contributed by atoms with Gasteiger partial charge in [-0.05, 0) is 12.5 Å². The SMILES string of the molecule is CCCN(C)c1ccn[c]n1. The lowest BCUT2D eigenvalue weighted by molar-refractivity contribution is 0.833. The van der Waals surface area contributed by atoms with Crippen LogP contribution in [0.5, 0.6) is 0 Å². The summed E-state index contributed by atoms with van der Waals surface area (Å²) in [5, 5.41) is 0. The van der Waals surface area contributed by atoms with E-state index in [0.29, 0.717) is 0 Å². The van der Waals surface area contributed by atoms with Crippen molar-refractivity contribution in [2.45, 2.75) is 13.3 Å².